The number of ether oxygens (including phenoxy) is 2. The molecule has 0 aliphatic rings. The van der Waals surface area contributed by atoms with Crippen molar-refractivity contribution in [1.29, 1.82) is 0 Å². The Morgan fingerprint density at radius 3 is 2.82 bits per heavy atom. The fourth-order valence-corrected chi connectivity index (χ4v) is 2.93. The predicted octanol–water partition coefficient (Wildman–Crippen LogP) is 4.38. The Labute approximate surface area is 139 Å². The summed E-state index contributed by atoms with van der Waals surface area (Å²) < 4.78 is 10.9. The lowest BCUT2D eigenvalue weighted by Gasteiger charge is -2.14. The van der Waals surface area contributed by atoms with E-state index in [0.717, 1.165) is 5.56 Å². The van der Waals surface area contributed by atoms with Crippen LogP contribution in [-0.4, -0.2) is 25.7 Å². The molecule has 22 heavy (non-hydrogen) atoms. The smallest absolute Gasteiger partial charge is 0.266 e. The van der Waals surface area contributed by atoms with Crippen LogP contribution in [0.25, 0.3) is 0 Å². The van der Waals surface area contributed by atoms with Crippen LogP contribution in [0, 0.1) is 6.92 Å². The molecule has 0 fully saturated rings. The van der Waals surface area contributed by atoms with E-state index in [-0.39, 0.29) is 5.91 Å². The predicted molar refractivity (Wildman–Crippen MR) is 90.4 cm³/mol. The fourth-order valence-electron chi connectivity index (χ4n) is 1.89. The number of aryl methyl sites for hydroxylation is 1. The Balaban J connectivity index is 2.11. The third-order valence-electron chi connectivity index (χ3n) is 2.96. The summed E-state index contributed by atoms with van der Waals surface area (Å²) in [5.74, 6) is 0.302. The van der Waals surface area contributed by atoms with Crippen molar-refractivity contribution in [3.05, 3.63) is 45.1 Å². The first kappa shape index (κ1) is 16.8. The molecule has 0 atom stereocenters. The molecule has 1 aromatic carbocycles. The van der Waals surface area contributed by atoms with Gasteiger partial charge in [-0.25, -0.2) is 0 Å². The summed E-state index contributed by atoms with van der Waals surface area (Å²) in [4.78, 5) is 13.0. The van der Waals surface area contributed by atoms with E-state index < -0.39 is 0 Å². The van der Waals surface area contributed by atoms with Crippen molar-refractivity contribution >= 4 is 34.5 Å². The Bertz CT molecular complexity index is 642. The average molecular weight is 340 g/mol. The summed E-state index contributed by atoms with van der Waals surface area (Å²) in [6.07, 6.45) is 0. The van der Waals surface area contributed by atoms with Crippen molar-refractivity contribution in [1.82, 2.24) is 0 Å². The summed E-state index contributed by atoms with van der Waals surface area (Å²) in [6.45, 7) is 5.30. The van der Waals surface area contributed by atoms with Gasteiger partial charge >= 0.3 is 0 Å². The topological polar surface area (TPSA) is 47.6 Å². The number of carbonyl (C=O) groups is 1. The van der Waals surface area contributed by atoms with Crippen molar-refractivity contribution in [3.63, 3.8) is 0 Å². The molecule has 2 aromatic rings. The second-order valence-electron chi connectivity index (χ2n) is 4.55. The van der Waals surface area contributed by atoms with Crippen LogP contribution in [0.5, 0.6) is 5.75 Å². The molecular formula is C16H18ClNO3S. The van der Waals surface area contributed by atoms with E-state index >= 15 is 0 Å². The van der Waals surface area contributed by atoms with Crippen molar-refractivity contribution in [2.45, 2.75) is 13.8 Å². The Morgan fingerprint density at radius 1 is 1.32 bits per heavy atom. The molecule has 6 heteroatoms. The second-order valence-corrected chi connectivity index (χ2v) is 5.87. The van der Waals surface area contributed by atoms with E-state index in [4.69, 9.17) is 21.1 Å². The van der Waals surface area contributed by atoms with E-state index in [1.807, 2.05) is 25.3 Å². The number of thiophene rings is 1. The minimum absolute atomic E-state index is 0.163. The van der Waals surface area contributed by atoms with E-state index in [1.165, 1.54) is 11.3 Å². The average Bonchev–Trinajstić information content (AvgIpc) is 2.92. The van der Waals surface area contributed by atoms with Crippen LogP contribution >= 0.6 is 22.9 Å². The molecule has 1 amide bonds. The van der Waals surface area contributed by atoms with Crippen LogP contribution in [0.4, 0.5) is 5.69 Å². The van der Waals surface area contributed by atoms with Crippen molar-refractivity contribution < 1.29 is 14.3 Å². The minimum atomic E-state index is -0.163. The molecule has 0 saturated heterocycles. The van der Waals surface area contributed by atoms with Crippen LogP contribution in [-0.2, 0) is 4.74 Å². The quantitative estimate of drug-likeness (QED) is 0.761. The number of hydrogen-bond donors (Lipinski definition) is 1. The SMILES string of the molecule is CCOCCOc1c(Cl)cccc1NC(=O)c1sccc1C. The molecule has 0 aliphatic heterocycles. The first-order chi connectivity index (χ1) is 10.6. The highest BCUT2D eigenvalue weighted by atomic mass is 35.5. The number of anilines is 1. The van der Waals surface area contributed by atoms with Crippen LogP contribution in [0.1, 0.15) is 22.2 Å². The molecule has 0 aliphatic carbocycles. The molecule has 1 aromatic heterocycles. The highest BCUT2D eigenvalue weighted by Crippen LogP contribution is 2.33. The largest absolute Gasteiger partial charge is 0.487 e. The monoisotopic (exact) mass is 339 g/mol. The van der Waals surface area contributed by atoms with Gasteiger partial charge in [0.1, 0.15) is 6.61 Å². The molecule has 0 radical (unpaired) electrons. The van der Waals surface area contributed by atoms with Gasteiger partial charge in [-0.15, -0.1) is 11.3 Å². The maximum Gasteiger partial charge on any atom is 0.266 e. The van der Waals surface area contributed by atoms with Gasteiger partial charge in [-0.1, -0.05) is 17.7 Å². The van der Waals surface area contributed by atoms with Crippen LogP contribution in [0.2, 0.25) is 5.02 Å². The first-order valence-electron chi connectivity index (χ1n) is 6.98. The van der Waals surface area contributed by atoms with E-state index in [2.05, 4.69) is 5.32 Å². The van der Waals surface area contributed by atoms with Crippen LogP contribution in [0.15, 0.2) is 29.6 Å². The van der Waals surface area contributed by atoms with Gasteiger partial charge in [0.25, 0.3) is 5.91 Å². The maximum absolute atomic E-state index is 12.3. The van der Waals surface area contributed by atoms with Gasteiger partial charge in [-0.2, -0.15) is 0 Å². The van der Waals surface area contributed by atoms with Gasteiger partial charge in [0.2, 0.25) is 0 Å². The third-order valence-corrected chi connectivity index (χ3v) is 4.27. The zero-order valence-corrected chi connectivity index (χ0v) is 14.1. The van der Waals surface area contributed by atoms with Gasteiger partial charge in [-0.05, 0) is 43.0 Å². The Hall–Kier alpha value is -1.56. The second kappa shape index (κ2) is 8.17. The molecule has 0 saturated carbocycles. The maximum atomic E-state index is 12.3. The third kappa shape index (κ3) is 4.22. The number of benzene rings is 1. The normalized spacial score (nSPS) is 10.5. The summed E-state index contributed by atoms with van der Waals surface area (Å²) >= 11 is 7.57. The fraction of sp³-hybridized carbons (Fsp3) is 0.312. The lowest BCUT2D eigenvalue weighted by atomic mass is 10.2. The minimum Gasteiger partial charge on any atom is -0.487 e. The molecule has 4 nitrogen and oxygen atoms in total. The first-order valence-corrected chi connectivity index (χ1v) is 8.23. The molecule has 0 bridgehead atoms. The van der Waals surface area contributed by atoms with Gasteiger partial charge in [0.15, 0.2) is 5.75 Å². The standard InChI is InChI=1S/C16H18ClNO3S/c1-3-20-8-9-21-14-12(17)5-4-6-13(14)18-16(19)15-11(2)7-10-22-15/h4-7,10H,3,8-9H2,1-2H3,(H,18,19). The number of rotatable bonds is 7. The number of hydrogen-bond acceptors (Lipinski definition) is 4. The summed E-state index contributed by atoms with van der Waals surface area (Å²) in [5.41, 5.74) is 1.50. The zero-order chi connectivity index (χ0) is 15.9. The number of carbonyl (C=O) groups excluding carboxylic acids is 1. The van der Waals surface area contributed by atoms with Gasteiger partial charge in [0.05, 0.1) is 22.2 Å². The molecule has 118 valence electrons. The Morgan fingerprint density at radius 2 is 2.14 bits per heavy atom. The highest BCUT2D eigenvalue weighted by Gasteiger charge is 2.15. The van der Waals surface area contributed by atoms with E-state index in [0.29, 0.717) is 41.2 Å². The molecule has 1 N–H and O–H groups in total. The van der Waals surface area contributed by atoms with Gasteiger partial charge in [-0.3, -0.25) is 4.79 Å². The van der Waals surface area contributed by atoms with Gasteiger partial charge in [0, 0.05) is 6.61 Å². The molecule has 2 rings (SSSR count). The van der Waals surface area contributed by atoms with E-state index in [9.17, 15) is 4.79 Å². The lowest BCUT2D eigenvalue weighted by molar-refractivity contribution is 0.102. The number of nitrogens with one attached hydrogen (secondary N) is 1. The van der Waals surface area contributed by atoms with Gasteiger partial charge < -0.3 is 14.8 Å². The summed E-state index contributed by atoms with van der Waals surface area (Å²) in [6, 6.07) is 7.18. The molecular weight excluding hydrogens is 322 g/mol. The van der Waals surface area contributed by atoms with E-state index in [1.54, 1.807) is 18.2 Å². The summed E-state index contributed by atoms with van der Waals surface area (Å²) in [7, 11) is 0. The van der Waals surface area contributed by atoms with Crippen molar-refractivity contribution in [2.24, 2.45) is 0 Å². The number of amides is 1. The molecule has 0 spiro atoms. The lowest BCUT2D eigenvalue weighted by Crippen LogP contribution is -2.14. The number of para-hydroxylation sites is 1. The highest BCUT2D eigenvalue weighted by molar-refractivity contribution is 7.12. The van der Waals surface area contributed by atoms with Crippen LogP contribution < -0.4 is 10.1 Å². The Kier molecular flexibility index (Phi) is 6.24. The van der Waals surface area contributed by atoms with Crippen molar-refractivity contribution in [2.75, 3.05) is 25.1 Å². The zero-order valence-electron chi connectivity index (χ0n) is 12.5. The molecule has 0 unspecified atom stereocenters. The molecule has 1 heterocycles. The number of halogens is 1. The summed E-state index contributed by atoms with van der Waals surface area (Å²) in [5, 5.41) is 5.20. The van der Waals surface area contributed by atoms with Crippen molar-refractivity contribution in [3.8, 4) is 5.75 Å². The van der Waals surface area contributed by atoms with Crippen LogP contribution in [0.3, 0.4) is 0 Å².